The van der Waals surface area contributed by atoms with Crippen molar-refractivity contribution >= 4 is 21.9 Å². The van der Waals surface area contributed by atoms with E-state index >= 15 is 0 Å². The van der Waals surface area contributed by atoms with Crippen molar-refractivity contribution in [1.82, 2.24) is 9.55 Å². The predicted octanol–water partition coefficient (Wildman–Crippen LogP) is 3.36. The van der Waals surface area contributed by atoms with E-state index in [1.165, 1.54) is 5.56 Å². The van der Waals surface area contributed by atoms with Crippen molar-refractivity contribution in [1.29, 1.82) is 0 Å². The smallest absolute Gasteiger partial charge is 0.202 e. The monoisotopic (exact) mass is 279 g/mol. The van der Waals surface area contributed by atoms with Gasteiger partial charge in [0.15, 0.2) is 0 Å². The van der Waals surface area contributed by atoms with Gasteiger partial charge in [-0.1, -0.05) is 28.1 Å². The molecule has 1 unspecified atom stereocenters. The molecule has 1 aromatic carbocycles. The van der Waals surface area contributed by atoms with Crippen molar-refractivity contribution in [3.63, 3.8) is 0 Å². The number of aromatic nitrogens is 2. The van der Waals surface area contributed by atoms with Crippen molar-refractivity contribution in [2.24, 2.45) is 7.05 Å². The van der Waals surface area contributed by atoms with Crippen molar-refractivity contribution < 1.29 is 0 Å². The number of anilines is 1. The molecule has 2 aromatic rings. The summed E-state index contributed by atoms with van der Waals surface area (Å²) in [5.74, 6) is 0.882. The van der Waals surface area contributed by atoms with E-state index in [-0.39, 0.29) is 6.04 Å². The Balaban J connectivity index is 2.14. The molecule has 0 aliphatic carbocycles. The predicted molar refractivity (Wildman–Crippen MR) is 69.4 cm³/mol. The first-order chi connectivity index (χ1) is 7.66. The van der Waals surface area contributed by atoms with Gasteiger partial charge in [0.1, 0.15) is 0 Å². The molecule has 1 atom stereocenters. The van der Waals surface area contributed by atoms with Gasteiger partial charge < -0.3 is 9.88 Å². The zero-order valence-electron chi connectivity index (χ0n) is 9.31. The Morgan fingerprint density at radius 3 is 2.88 bits per heavy atom. The minimum Gasteiger partial charge on any atom is -0.349 e. The molecule has 16 heavy (non-hydrogen) atoms. The van der Waals surface area contributed by atoms with Crippen LogP contribution >= 0.6 is 15.9 Å². The van der Waals surface area contributed by atoms with Crippen LogP contribution in [-0.4, -0.2) is 9.55 Å². The summed E-state index contributed by atoms with van der Waals surface area (Å²) in [5.41, 5.74) is 1.23. The summed E-state index contributed by atoms with van der Waals surface area (Å²) in [6.45, 7) is 2.12. The van der Waals surface area contributed by atoms with Gasteiger partial charge >= 0.3 is 0 Å². The molecule has 0 aliphatic rings. The number of hydrogen-bond donors (Lipinski definition) is 1. The van der Waals surface area contributed by atoms with Crippen molar-refractivity contribution in [2.45, 2.75) is 13.0 Å². The summed E-state index contributed by atoms with van der Waals surface area (Å²) in [6.07, 6.45) is 3.71. The molecular weight excluding hydrogens is 266 g/mol. The van der Waals surface area contributed by atoms with Gasteiger partial charge in [-0.05, 0) is 24.6 Å². The van der Waals surface area contributed by atoms with Crippen LogP contribution in [0.4, 0.5) is 5.95 Å². The van der Waals surface area contributed by atoms with Gasteiger partial charge in [-0.25, -0.2) is 4.98 Å². The second-order valence-corrected chi connectivity index (χ2v) is 4.70. The van der Waals surface area contributed by atoms with E-state index in [1.807, 2.05) is 29.9 Å². The van der Waals surface area contributed by atoms with E-state index in [9.17, 15) is 0 Å². The molecule has 0 saturated carbocycles. The van der Waals surface area contributed by atoms with E-state index < -0.39 is 0 Å². The summed E-state index contributed by atoms with van der Waals surface area (Å²) in [5, 5.41) is 3.36. The summed E-state index contributed by atoms with van der Waals surface area (Å²) >= 11 is 3.47. The van der Waals surface area contributed by atoms with E-state index in [2.05, 4.69) is 45.3 Å². The molecule has 84 valence electrons. The van der Waals surface area contributed by atoms with E-state index in [4.69, 9.17) is 0 Å². The van der Waals surface area contributed by atoms with Crippen LogP contribution in [0.1, 0.15) is 18.5 Å². The molecule has 3 nitrogen and oxygen atoms in total. The Morgan fingerprint density at radius 2 is 2.25 bits per heavy atom. The molecule has 1 N–H and O–H groups in total. The first-order valence-electron chi connectivity index (χ1n) is 5.16. The summed E-state index contributed by atoms with van der Waals surface area (Å²) in [7, 11) is 1.98. The van der Waals surface area contributed by atoms with Crippen LogP contribution in [0.25, 0.3) is 0 Å². The summed E-state index contributed by atoms with van der Waals surface area (Å²) < 4.78 is 3.06. The summed E-state index contributed by atoms with van der Waals surface area (Å²) in [4.78, 5) is 4.24. The Kier molecular flexibility index (Phi) is 3.29. The van der Waals surface area contributed by atoms with Crippen molar-refractivity contribution in [2.75, 3.05) is 5.32 Å². The highest BCUT2D eigenvalue weighted by Gasteiger charge is 2.07. The molecule has 0 aliphatic heterocycles. The molecule has 0 bridgehead atoms. The normalized spacial score (nSPS) is 12.4. The van der Waals surface area contributed by atoms with Crippen molar-refractivity contribution in [3.8, 4) is 0 Å². The average molecular weight is 280 g/mol. The molecule has 1 heterocycles. The van der Waals surface area contributed by atoms with Crippen molar-refractivity contribution in [3.05, 3.63) is 46.7 Å². The third-order valence-electron chi connectivity index (χ3n) is 2.52. The lowest BCUT2D eigenvalue weighted by atomic mass is 10.1. The largest absolute Gasteiger partial charge is 0.349 e. The standard InChI is InChI=1S/C12H14BrN3/c1-9(10-4-3-5-11(13)8-10)15-12-14-6-7-16(12)2/h3-9H,1-2H3,(H,14,15). The van der Waals surface area contributed by atoms with E-state index in [0.717, 1.165) is 10.4 Å². The molecule has 0 amide bonds. The number of hydrogen-bond acceptors (Lipinski definition) is 2. The number of imidazole rings is 1. The zero-order valence-corrected chi connectivity index (χ0v) is 10.9. The van der Waals surface area contributed by atoms with Gasteiger partial charge in [0.05, 0.1) is 6.04 Å². The van der Waals surface area contributed by atoms with Gasteiger partial charge in [-0.2, -0.15) is 0 Å². The van der Waals surface area contributed by atoms with Gasteiger partial charge in [0.25, 0.3) is 0 Å². The highest BCUT2D eigenvalue weighted by Crippen LogP contribution is 2.20. The maximum absolute atomic E-state index is 4.24. The lowest BCUT2D eigenvalue weighted by Gasteiger charge is -2.15. The van der Waals surface area contributed by atoms with Crippen LogP contribution in [0, 0.1) is 0 Å². The molecule has 0 saturated heterocycles. The number of nitrogens with zero attached hydrogens (tertiary/aromatic N) is 2. The Bertz CT molecular complexity index is 479. The van der Waals surface area contributed by atoms with Crippen LogP contribution < -0.4 is 5.32 Å². The van der Waals surface area contributed by atoms with Gasteiger partial charge in [-0.3, -0.25) is 0 Å². The molecule has 0 fully saturated rings. The highest BCUT2D eigenvalue weighted by atomic mass is 79.9. The van der Waals surface area contributed by atoms with Crippen LogP contribution in [0.2, 0.25) is 0 Å². The van der Waals surface area contributed by atoms with Crippen LogP contribution in [-0.2, 0) is 7.05 Å². The topological polar surface area (TPSA) is 29.9 Å². The molecular formula is C12H14BrN3. The molecule has 1 aromatic heterocycles. The Labute approximate surface area is 104 Å². The minimum absolute atomic E-state index is 0.235. The number of nitrogens with one attached hydrogen (secondary N) is 1. The lowest BCUT2D eigenvalue weighted by Crippen LogP contribution is -2.10. The zero-order chi connectivity index (χ0) is 11.5. The van der Waals surface area contributed by atoms with Crippen LogP contribution in [0.5, 0.6) is 0 Å². The number of benzene rings is 1. The average Bonchev–Trinajstić information content (AvgIpc) is 2.64. The fraction of sp³-hybridized carbons (Fsp3) is 0.250. The van der Waals surface area contributed by atoms with Gasteiger partial charge in [0, 0.05) is 23.9 Å². The summed E-state index contributed by atoms with van der Waals surface area (Å²) in [6, 6.07) is 8.51. The number of halogens is 1. The fourth-order valence-electron chi connectivity index (χ4n) is 1.56. The first-order valence-corrected chi connectivity index (χ1v) is 5.95. The van der Waals surface area contributed by atoms with E-state index in [1.54, 1.807) is 6.20 Å². The SMILES string of the molecule is CC(Nc1nccn1C)c1cccc(Br)c1. The van der Waals surface area contributed by atoms with E-state index in [0.29, 0.717) is 0 Å². The number of rotatable bonds is 3. The minimum atomic E-state index is 0.235. The molecule has 0 spiro atoms. The second-order valence-electron chi connectivity index (χ2n) is 3.78. The van der Waals surface area contributed by atoms with Gasteiger partial charge in [0.2, 0.25) is 5.95 Å². The third-order valence-corrected chi connectivity index (χ3v) is 3.01. The maximum atomic E-state index is 4.24. The molecule has 0 radical (unpaired) electrons. The fourth-order valence-corrected chi connectivity index (χ4v) is 1.97. The van der Waals surface area contributed by atoms with Crippen LogP contribution in [0.3, 0.4) is 0 Å². The Morgan fingerprint density at radius 1 is 1.44 bits per heavy atom. The lowest BCUT2D eigenvalue weighted by molar-refractivity contribution is 0.822. The van der Waals surface area contributed by atoms with Crippen LogP contribution in [0.15, 0.2) is 41.1 Å². The molecule has 2 rings (SSSR count). The van der Waals surface area contributed by atoms with Gasteiger partial charge in [-0.15, -0.1) is 0 Å². The quantitative estimate of drug-likeness (QED) is 0.934. The highest BCUT2D eigenvalue weighted by molar-refractivity contribution is 9.10. The maximum Gasteiger partial charge on any atom is 0.202 e. The molecule has 4 heteroatoms. The number of aryl methyl sites for hydroxylation is 1. The third kappa shape index (κ3) is 2.44. The second kappa shape index (κ2) is 4.70. The Hall–Kier alpha value is -1.29. The first kappa shape index (κ1) is 11.2.